The van der Waals surface area contributed by atoms with E-state index < -0.39 is 0 Å². The molecule has 1 aromatic rings. The van der Waals surface area contributed by atoms with Crippen LogP contribution in [0.3, 0.4) is 0 Å². The average Bonchev–Trinajstić information content (AvgIpc) is 2.26. The SMILES string of the molecule is CNc1ccc(Cl)c(COCCOC)n1. The number of rotatable bonds is 6. The molecule has 0 bridgehead atoms. The molecule has 0 aromatic carbocycles. The molecule has 0 aliphatic carbocycles. The maximum atomic E-state index is 5.96. The Hall–Kier alpha value is -0.840. The normalized spacial score (nSPS) is 10.3. The van der Waals surface area contributed by atoms with Crippen LogP contribution in [0.25, 0.3) is 0 Å². The van der Waals surface area contributed by atoms with Crippen molar-refractivity contribution in [2.45, 2.75) is 6.61 Å². The molecule has 84 valence electrons. The minimum Gasteiger partial charge on any atom is -0.382 e. The Morgan fingerprint density at radius 1 is 1.40 bits per heavy atom. The average molecular weight is 231 g/mol. The Labute approximate surface area is 94.6 Å². The summed E-state index contributed by atoms with van der Waals surface area (Å²) in [6.45, 7) is 1.51. The molecule has 0 saturated heterocycles. The number of hydrogen-bond acceptors (Lipinski definition) is 4. The van der Waals surface area contributed by atoms with E-state index in [1.807, 2.05) is 13.1 Å². The van der Waals surface area contributed by atoms with Crippen molar-refractivity contribution >= 4 is 17.4 Å². The Bertz CT molecular complexity index is 307. The standard InChI is InChI=1S/C10H15ClN2O2/c1-12-10-4-3-8(11)9(13-10)7-15-6-5-14-2/h3-4H,5-7H2,1-2H3,(H,12,13). The Kier molecular flexibility index (Phi) is 5.39. The van der Waals surface area contributed by atoms with Crippen LogP contribution in [0.4, 0.5) is 5.82 Å². The molecular weight excluding hydrogens is 216 g/mol. The predicted molar refractivity (Wildman–Crippen MR) is 60.3 cm³/mol. The van der Waals surface area contributed by atoms with E-state index in [9.17, 15) is 0 Å². The molecular formula is C10H15ClN2O2. The van der Waals surface area contributed by atoms with E-state index in [-0.39, 0.29) is 0 Å². The molecule has 1 heterocycles. The lowest BCUT2D eigenvalue weighted by molar-refractivity contribution is 0.0603. The van der Waals surface area contributed by atoms with Crippen LogP contribution in [0.1, 0.15) is 5.69 Å². The van der Waals surface area contributed by atoms with Crippen molar-refractivity contribution in [3.05, 3.63) is 22.8 Å². The summed E-state index contributed by atoms with van der Waals surface area (Å²) in [7, 11) is 3.45. The number of ether oxygens (including phenoxy) is 2. The van der Waals surface area contributed by atoms with Crippen LogP contribution in [0.15, 0.2) is 12.1 Å². The van der Waals surface area contributed by atoms with Gasteiger partial charge in [0.05, 0.1) is 30.5 Å². The lowest BCUT2D eigenvalue weighted by atomic mass is 10.3. The molecule has 0 aliphatic rings. The lowest BCUT2D eigenvalue weighted by Gasteiger charge is -2.07. The number of aromatic nitrogens is 1. The molecule has 0 spiro atoms. The van der Waals surface area contributed by atoms with Crippen LogP contribution in [-0.4, -0.2) is 32.4 Å². The second kappa shape index (κ2) is 6.61. The first-order valence-corrected chi connectivity index (χ1v) is 5.05. The maximum absolute atomic E-state index is 5.96. The van der Waals surface area contributed by atoms with E-state index in [2.05, 4.69) is 10.3 Å². The van der Waals surface area contributed by atoms with Crippen molar-refractivity contribution in [3.8, 4) is 0 Å². The summed E-state index contributed by atoms with van der Waals surface area (Å²) in [5.74, 6) is 0.782. The van der Waals surface area contributed by atoms with Crippen LogP contribution >= 0.6 is 11.6 Å². The van der Waals surface area contributed by atoms with Gasteiger partial charge in [-0.15, -0.1) is 0 Å². The molecule has 15 heavy (non-hydrogen) atoms. The van der Waals surface area contributed by atoms with Crippen LogP contribution in [0.2, 0.25) is 5.02 Å². The highest BCUT2D eigenvalue weighted by atomic mass is 35.5. The van der Waals surface area contributed by atoms with Gasteiger partial charge in [-0.05, 0) is 12.1 Å². The first kappa shape index (κ1) is 12.2. The van der Waals surface area contributed by atoms with Crippen molar-refractivity contribution in [2.75, 3.05) is 32.7 Å². The highest BCUT2D eigenvalue weighted by molar-refractivity contribution is 6.31. The maximum Gasteiger partial charge on any atom is 0.126 e. The van der Waals surface area contributed by atoms with Gasteiger partial charge in [0, 0.05) is 14.2 Å². The zero-order valence-electron chi connectivity index (χ0n) is 8.92. The van der Waals surface area contributed by atoms with E-state index >= 15 is 0 Å². The van der Waals surface area contributed by atoms with Gasteiger partial charge in [-0.25, -0.2) is 4.98 Å². The van der Waals surface area contributed by atoms with E-state index in [0.29, 0.717) is 24.8 Å². The van der Waals surface area contributed by atoms with E-state index in [1.54, 1.807) is 13.2 Å². The van der Waals surface area contributed by atoms with Gasteiger partial charge >= 0.3 is 0 Å². The zero-order valence-corrected chi connectivity index (χ0v) is 9.67. The smallest absolute Gasteiger partial charge is 0.126 e. The molecule has 0 radical (unpaired) electrons. The monoisotopic (exact) mass is 230 g/mol. The quantitative estimate of drug-likeness (QED) is 0.759. The molecule has 0 aliphatic heterocycles. The van der Waals surface area contributed by atoms with Crippen molar-refractivity contribution in [2.24, 2.45) is 0 Å². The Morgan fingerprint density at radius 3 is 2.87 bits per heavy atom. The molecule has 5 heteroatoms. The van der Waals surface area contributed by atoms with Crippen molar-refractivity contribution in [3.63, 3.8) is 0 Å². The van der Waals surface area contributed by atoms with Gasteiger partial charge in [0.25, 0.3) is 0 Å². The highest BCUT2D eigenvalue weighted by Gasteiger charge is 2.03. The first-order chi connectivity index (χ1) is 7.27. The Balaban J connectivity index is 2.51. The summed E-state index contributed by atoms with van der Waals surface area (Å²) >= 11 is 5.96. The Morgan fingerprint density at radius 2 is 2.20 bits per heavy atom. The summed E-state index contributed by atoms with van der Waals surface area (Å²) < 4.78 is 10.2. The molecule has 1 rings (SSSR count). The summed E-state index contributed by atoms with van der Waals surface area (Å²) in [4.78, 5) is 4.28. The van der Waals surface area contributed by atoms with Gasteiger partial charge < -0.3 is 14.8 Å². The fraction of sp³-hybridized carbons (Fsp3) is 0.500. The number of hydrogen-bond donors (Lipinski definition) is 1. The summed E-state index contributed by atoms with van der Waals surface area (Å²) in [5, 5.41) is 3.56. The van der Waals surface area contributed by atoms with Gasteiger partial charge in [0.15, 0.2) is 0 Å². The van der Waals surface area contributed by atoms with Crippen LogP contribution in [-0.2, 0) is 16.1 Å². The van der Waals surface area contributed by atoms with E-state index in [0.717, 1.165) is 11.5 Å². The largest absolute Gasteiger partial charge is 0.382 e. The summed E-state index contributed by atoms with van der Waals surface area (Å²) in [6.07, 6.45) is 0. The molecule has 0 unspecified atom stereocenters. The minimum atomic E-state index is 0.401. The number of methoxy groups -OCH3 is 1. The van der Waals surface area contributed by atoms with Gasteiger partial charge in [-0.3, -0.25) is 0 Å². The van der Waals surface area contributed by atoms with Gasteiger partial charge in [-0.2, -0.15) is 0 Å². The molecule has 0 saturated carbocycles. The van der Waals surface area contributed by atoms with Crippen molar-refractivity contribution < 1.29 is 9.47 Å². The molecule has 0 amide bonds. The molecule has 0 atom stereocenters. The van der Waals surface area contributed by atoms with Gasteiger partial charge in [0.1, 0.15) is 5.82 Å². The third-order valence-electron chi connectivity index (χ3n) is 1.85. The predicted octanol–water partition coefficient (Wildman–Crippen LogP) is 1.94. The summed E-state index contributed by atoms with van der Waals surface area (Å²) in [6, 6.07) is 3.62. The second-order valence-electron chi connectivity index (χ2n) is 2.92. The number of pyridine rings is 1. The van der Waals surface area contributed by atoms with Crippen molar-refractivity contribution in [1.82, 2.24) is 4.98 Å². The molecule has 4 nitrogen and oxygen atoms in total. The van der Waals surface area contributed by atoms with Gasteiger partial charge in [-0.1, -0.05) is 11.6 Å². The van der Waals surface area contributed by atoms with E-state index in [4.69, 9.17) is 21.1 Å². The fourth-order valence-electron chi connectivity index (χ4n) is 1.04. The number of halogens is 1. The fourth-order valence-corrected chi connectivity index (χ4v) is 1.20. The highest BCUT2D eigenvalue weighted by Crippen LogP contribution is 2.17. The first-order valence-electron chi connectivity index (χ1n) is 4.67. The third kappa shape index (κ3) is 4.03. The number of nitrogens with zero attached hydrogens (tertiary/aromatic N) is 1. The molecule has 1 N–H and O–H groups in total. The van der Waals surface area contributed by atoms with E-state index in [1.165, 1.54) is 0 Å². The topological polar surface area (TPSA) is 43.4 Å². The third-order valence-corrected chi connectivity index (χ3v) is 2.19. The lowest BCUT2D eigenvalue weighted by Crippen LogP contribution is -2.04. The van der Waals surface area contributed by atoms with Gasteiger partial charge in [0.2, 0.25) is 0 Å². The minimum absolute atomic E-state index is 0.401. The van der Waals surface area contributed by atoms with Crippen LogP contribution < -0.4 is 5.32 Å². The zero-order chi connectivity index (χ0) is 11.1. The van der Waals surface area contributed by atoms with Crippen LogP contribution in [0, 0.1) is 0 Å². The molecule has 1 aromatic heterocycles. The number of nitrogens with one attached hydrogen (secondary N) is 1. The number of anilines is 1. The van der Waals surface area contributed by atoms with Crippen molar-refractivity contribution in [1.29, 1.82) is 0 Å². The summed E-state index contributed by atoms with van der Waals surface area (Å²) in [5.41, 5.74) is 0.736. The van der Waals surface area contributed by atoms with Crippen LogP contribution in [0.5, 0.6) is 0 Å². The molecule has 0 fully saturated rings. The second-order valence-corrected chi connectivity index (χ2v) is 3.33.